The fourth-order valence-corrected chi connectivity index (χ4v) is 3.77. The van der Waals surface area contributed by atoms with Crippen molar-refractivity contribution in [1.29, 1.82) is 0 Å². The summed E-state index contributed by atoms with van der Waals surface area (Å²) in [6, 6.07) is 7.82. The molecule has 5 rings (SSSR count). The lowest BCUT2D eigenvalue weighted by Gasteiger charge is -2.27. The molecule has 160 valence electrons. The van der Waals surface area contributed by atoms with Gasteiger partial charge < -0.3 is 19.3 Å². The van der Waals surface area contributed by atoms with Gasteiger partial charge in [-0.2, -0.15) is 4.98 Å². The lowest BCUT2D eigenvalue weighted by atomic mass is 10.2. The number of anilines is 2. The molecule has 1 amide bonds. The predicted molar refractivity (Wildman–Crippen MR) is 118 cm³/mol. The fraction of sp³-hybridized carbons (Fsp3) is 0.364. The van der Waals surface area contributed by atoms with Crippen LogP contribution in [0.4, 0.5) is 11.4 Å². The lowest BCUT2D eigenvalue weighted by molar-refractivity contribution is -0.107. The highest BCUT2D eigenvalue weighted by molar-refractivity contribution is 6.31. The molecule has 1 aromatic carbocycles. The third-order valence-electron chi connectivity index (χ3n) is 5.56. The minimum atomic E-state index is -0.0408. The van der Waals surface area contributed by atoms with E-state index in [2.05, 4.69) is 19.9 Å². The van der Waals surface area contributed by atoms with E-state index >= 15 is 0 Å². The van der Waals surface area contributed by atoms with Crippen molar-refractivity contribution in [2.45, 2.75) is 31.5 Å². The van der Waals surface area contributed by atoms with Gasteiger partial charge in [0.15, 0.2) is 5.82 Å². The molecule has 1 saturated carbocycles. The van der Waals surface area contributed by atoms with E-state index in [1.54, 1.807) is 29.4 Å². The Bertz CT molecular complexity index is 1120. The van der Waals surface area contributed by atoms with Crippen molar-refractivity contribution >= 4 is 40.3 Å². The molecule has 0 spiro atoms. The third-order valence-corrected chi connectivity index (χ3v) is 5.79. The highest BCUT2D eigenvalue weighted by Gasteiger charge is 2.29. The van der Waals surface area contributed by atoms with Crippen molar-refractivity contribution < 1.29 is 14.3 Å². The molecule has 1 aliphatic carbocycles. The summed E-state index contributed by atoms with van der Waals surface area (Å²) < 4.78 is 11.2. The zero-order valence-corrected chi connectivity index (χ0v) is 17.8. The Morgan fingerprint density at radius 1 is 1.23 bits per heavy atom. The summed E-state index contributed by atoms with van der Waals surface area (Å²) in [6.45, 7) is 1.24. The monoisotopic (exact) mass is 439 g/mol. The van der Waals surface area contributed by atoms with Crippen molar-refractivity contribution in [3.05, 3.63) is 47.5 Å². The number of hydrogen-bond acceptors (Lipinski definition) is 7. The zero-order valence-electron chi connectivity index (χ0n) is 17.1. The predicted octanol–water partition coefficient (Wildman–Crippen LogP) is 3.22. The molecule has 3 aromatic rings. The smallest absolute Gasteiger partial charge is 0.225 e. The summed E-state index contributed by atoms with van der Waals surface area (Å²) >= 11 is 6.19. The van der Waals surface area contributed by atoms with Crippen LogP contribution in [0, 0.1) is 0 Å². The van der Waals surface area contributed by atoms with Crippen molar-refractivity contribution in [1.82, 2.24) is 15.0 Å². The van der Waals surface area contributed by atoms with Crippen molar-refractivity contribution in [2.24, 2.45) is 0 Å². The van der Waals surface area contributed by atoms with Gasteiger partial charge in [0, 0.05) is 24.3 Å². The highest BCUT2D eigenvalue weighted by atomic mass is 35.5. The van der Waals surface area contributed by atoms with Crippen LogP contribution in [0.2, 0.25) is 5.02 Å². The average Bonchev–Trinajstić information content (AvgIpc) is 3.59. The summed E-state index contributed by atoms with van der Waals surface area (Å²) in [7, 11) is 2.04. The van der Waals surface area contributed by atoms with Gasteiger partial charge in [-0.3, -0.25) is 9.78 Å². The number of ether oxygens (including phenoxy) is 2. The van der Waals surface area contributed by atoms with E-state index in [1.807, 2.05) is 19.2 Å². The maximum atomic E-state index is 12.1. The van der Waals surface area contributed by atoms with E-state index in [1.165, 1.54) is 0 Å². The maximum absolute atomic E-state index is 12.1. The molecule has 0 atom stereocenters. The molecule has 3 heterocycles. The summed E-state index contributed by atoms with van der Waals surface area (Å²) in [5.41, 5.74) is 2.34. The molecule has 1 aliphatic heterocycles. The molecule has 8 nitrogen and oxygen atoms in total. The van der Waals surface area contributed by atoms with Gasteiger partial charge in [-0.1, -0.05) is 11.6 Å². The molecule has 0 bridgehead atoms. The van der Waals surface area contributed by atoms with E-state index in [4.69, 9.17) is 21.1 Å². The Labute approximate surface area is 184 Å². The number of fused-ring (bicyclic) bond motifs is 1. The number of carbonyl (C=O) groups excluding carboxylic acids is 1. The number of pyridine rings is 1. The molecular weight excluding hydrogens is 418 g/mol. The topological polar surface area (TPSA) is 80.7 Å². The molecule has 0 N–H and O–H groups in total. The van der Waals surface area contributed by atoms with Crippen molar-refractivity contribution in [3.63, 3.8) is 0 Å². The number of aromatic nitrogens is 3. The molecule has 9 heteroatoms. The minimum Gasteiger partial charge on any atom is -0.469 e. The molecule has 0 radical (unpaired) electrons. The Kier molecular flexibility index (Phi) is 5.33. The Balaban J connectivity index is 1.49. The number of carbonyl (C=O) groups is 1. The van der Waals surface area contributed by atoms with Crippen LogP contribution in [0.25, 0.3) is 10.9 Å². The molecule has 2 aliphatic rings. The number of nitrogens with zero attached hydrogens (tertiary/aromatic N) is 5. The van der Waals surface area contributed by atoms with Crippen LogP contribution in [0.1, 0.15) is 18.7 Å². The van der Waals surface area contributed by atoms with E-state index in [-0.39, 0.29) is 12.6 Å². The summed E-state index contributed by atoms with van der Waals surface area (Å²) in [5, 5.41) is 1.34. The van der Waals surface area contributed by atoms with Gasteiger partial charge in [-0.25, -0.2) is 4.98 Å². The second-order valence-corrected chi connectivity index (χ2v) is 8.26. The number of amides is 1. The number of halogens is 1. The second-order valence-electron chi connectivity index (χ2n) is 7.82. The van der Waals surface area contributed by atoms with Crippen LogP contribution in [0.5, 0.6) is 5.88 Å². The lowest BCUT2D eigenvalue weighted by Crippen LogP contribution is -2.39. The SMILES string of the molecule is CN(c1ccncc1N(C=O)Cc1nc(OC2COC2)c2ccc(Cl)cc2n1)C1CC1. The number of benzene rings is 1. The first kappa shape index (κ1) is 20.0. The van der Waals surface area contributed by atoms with E-state index < -0.39 is 0 Å². The molecule has 2 fully saturated rings. The zero-order chi connectivity index (χ0) is 21.4. The van der Waals surface area contributed by atoms with Crippen LogP contribution in [0.15, 0.2) is 36.7 Å². The summed E-state index contributed by atoms with van der Waals surface area (Å²) in [5.74, 6) is 0.929. The summed E-state index contributed by atoms with van der Waals surface area (Å²) in [4.78, 5) is 29.3. The van der Waals surface area contributed by atoms with Crippen LogP contribution in [0.3, 0.4) is 0 Å². The molecule has 0 unspecified atom stereocenters. The summed E-state index contributed by atoms with van der Waals surface area (Å²) in [6.07, 6.45) is 6.48. The van der Waals surface area contributed by atoms with Crippen molar-refractivity contribution in [2.75, 3.05) is 30.1 Å². The minimum absolute atomic E-state index is 0.0408. The first-order valence-electron chi connectivity index (χ1n) is 10.2. The molecule has 31 heavy (non-hydrogen) atoms. The van der Waals surface area contributed by atoms with E-state index in [9.17, 15) is 4.79 Å². The molecular formula is C22H22ClN5O3. The fourth-order valence-electron chi connectivity index (χ4n) is 3.61. The van der Waals surface area contributed by atoms with Crippen LogP contribution < -0.4 is 14.5 Å². The van der Waals surface area contributed by atoms with Crippen molar-refractivity contribution in [3.8, 4) is 5.88 Å². The number of rotatable bonds is 8. The van der Waals surface area contributed by atoms with Crippen LogP contribution in [-0.4, -0.2) is 53.8 Å². The number of hydrogen-bond donors (Lipinski definition) is 0. The van der Waals surface area contributed by atoms with E-state index in [0.29, 0.717) is 41.5 Å². The second kappa shape index (κ2) is 8.28. The largest absolute Gasteiger partial charge is 0.469 e. The van der Waals surface area contributed by atoms with Gasteiger partial charge in [-0.15, -0.1) is 0 Å². The highest BCUT2D eigenvalue weighted by Crippen LogP contribution is 2.36. The van der Waals surface area contributed by atoms with Gasteiger partial charge in [0.1, 0.15) is 6.10 Å². The Morgan fingerprint density at radius 3 is 2.77 bits per heavy atom. The van der Waals surface area contributed by atoms with Gasteiger partial charge in [-0.05, 0) is 37.1 Å². The average molecular weight is 440 g/mol. The van der Waals surface area contributed by atoms with Crippen LogP contribution in [-0.2, 0) is 16.1 Å². The van der Waals surface area contributed by atoms with Crippen LogP contribution >= 0.6 is 11.6 Å². The first-order valence-corrected chi connectivity index (χ1v) is 10.6. The van der Waals surface area contributed by atoms with Gasteiger partial charge in [0.2, 0.25) is 12.3 Å². The van der Waals surface area contributed by atoms with Gasteiger partial charge in [0.05, 0.1) is 48.2 Å². The van der Waals surface area contributed by atoms with Gasteiger partial charge in [0.25, 0.3) is 0 Å². The normalized spacial score (nSPS) is 16.1. The molecule has 2 aromatic heterocycles. The Hall–Kier alpha value is -2.97. The maximum Gasteiger partial charge on any atom is 0.225 e. The first-order chi connectivity index (χ1) is 15.1. The quantitative estimate of drug-likeness (QED) is 0.498. The van der Waals surface area contributed by atoms with Gasteiger partial charge >= 0.3 is 0 Å². The molecule has 1 saturated heterocycles. The standard InChI is InChI=1S/C22H22ClN5O3/c1-27(15-3-4-15)19-6-7-24-9-20(19)28(13-29)10-21-25-18-8-14(23)2-5-17(18)22(26-21)31-16-11-30-12-16/h2,5-9,13,15-16H,3-4,10-12H2,1H3. The third kappa shape index (κ3) is 4.13. The Morgan fingerprint density at radius 2 is 2.06 bits per heavy atom. The van der Waals surface area contributed by atoms with E-state index in [0.717, 1.165) is 36.0 Å².